The molecule has 0 amide bonds. The number of nitrogens with zero attached hydrogens (tertiary/aromatic N) is 1. The summed E-state index contributed by atoms with van der Waals surface area (Å²) in [6.45, 7) is 6.19. The van der Waals surface area contributed by atoms with E-state index in [1.54, 1.807) is 6.07 Å². The second-order valence-corrected chi connectivity index (χ2v) is 5.84. The molecule has 5 heteroatoms. The van der Waals surface area contributed by atoms with E-state index >= 15 is 0 Å². The molecule has 4 N–H and O–H groups in total. The molecule has 2 rings (SSSR count). The maximum Gasteiger partial charge on any atom is 0.144 e. The molecule has 0 aliphatic carbocycles. The molecule has 4 nitrogen and oxygen atoms in total. The SMILES string of the molecule is CCC[C@@H](c1c(Br)ccc(N)c1O)N1CCNCC1. The summed E-state index contributed by atoms with van der Waals surface area (Å²) in [6, 6.07) is 3.89. The third-order valence-corrected chi connectivity index (χ3v) is 4.37. The Morgan fingerprint density at radius 1 is 1.42 bits per heavy atom. The summed E-state index contributed by atoms with van der Waals surface area (Å²) < 4.78 is 0.941. The summed E-state index contributed by atoms with van der Waals surface area (Å²) in [4.78, 5) is 2.43. The van der Waals surface area contributed by atoms with Crippen LogP contribution in [0.4, 0.5) is 5.69 Å². The smallest absolute Gasteiger partial charge is 0.144 e. The third kappa shape index (κ3) is 3.22. The Morgan fingerprint density at radius 3 is 2.74 bits per heavy atom. The van der Waals surface area contributed by atoms with E-state index in [1.807, 2.05) is 6.07 Å². The fourth-order valence-corrected chi connectivity index (χ4v) is 3.28. The summed E-state index contributed by atoms with van der Waals surface area (Å²) in [5.41, 5.74) is 7.24. The topological polar surface area (TPSA) is 61.5 Å². The van der Waals surface area contributed by atoms with Crippen LogP contribution in [0.2, 0.25) is 0 Å². The number of nitrogens with one attached hydrogen (secondary N) is 1. The van der Waals surface area contributed by atoms with Gasteiger partial charge in [0.05, 0.1) is 5.69 Å². The highest BCUT2D eigenvalue weighted by atomic mass is 79.9. The van der Waals surface area contributed by atoms with Gasteiger partial charge in [0.15, 0.2) is 0 Å². The Morgan fingerprint density at radius 2 is 2.11 bits per heavy atom. The fourth-order valence-electron chi connectivity index (χ4n) is 2.69. The second kappa shape index (κ2) is 6.59. The van der Waals surface area contributed by atoms with E-state index in [1.165, 1.54) is 0 Å². The van der Waals surface area contributed by atoms with E-state index in [2.05, 4.69) is 33.1 Å². The van der Waals surface area contributed by atoms with Crippen LogP contribution in [0.15, 0.2) is 16.6 Å². The normalized spacial score (nSPS) is 18.4. The Labute approximate surface area is 123 Å². The monoisotopic (exact) mass is 327 g/mol. The Hall–Kier alpha value is -0.780. The van der Waals surface area contributed by atoms with Crippen molar-refractivity contribution in [1.82, 2.24) is 10.2 Å². The van der Waals surface area contributed by atoms with Gasteiger partial charge in [-0.15, -0.1) is 0 Å². The van der Waals surface area contributed by atoms with Gasteiger partial charge in [0.2, 0.25) is 0 Å². The van der Waals surface area contributed by atoms with Crippen LogP contribution in [-0.4, -0.2) is 36.2 Å². The van der Waals surface area contributed by atoms with Crippen LogP contribution in [-0.2, 0) is 0 Å². The number of rotatable bonds is 4. The Balaban J connectivity index is 2.35. The number of benzene rings is 1. The van der Waals surface area contributed by atoms with E-state index in [0.29, 0.717) is 5.69 Å². The maximum absolute atomic E-state index is 10.3. The average molecular weight is 328 g/mol. The van der Waals surface area contributed by atoms with Crippen molar-refractivity contribution in [2.75, 3.05) is 31.9 Å². The van der Waals surface area contributed by atoms with Gasteiger partial charge in [-0.3, -0.25) is 4.90 Å². The molecule has 1 saturated heterocycles. The standard InChI is InChI=1S/C14H22BrN3O/c1-2-3-12(18-8-6-17-7-9-18)13-10(15)4-5-11(16)14(13)19/h4-5,12,17,19H,2-3,6-9,16H2,1H3/t12-/m0/s1. The van der Waals surface area contributed by atoms with Crippen molar-refractivity contribution in [3.63, 3.8) is 0 Å². The van der Waals surface area contributed by atoms with Crippen molar-refractivity contribution >= 4 is 21.6 Å². The van der Waals surface area contributed by atoms with Crippen LogP contribution in [0.1, 0.15) is 31.4 Å². The number of phenols is 1. The van der Waals surface area contributed by atoms with Gasteiger partial charge in [0, 0.05) is 42.3 Å². The number of phenolic OH excluding ortho intramolecular Hbond substituents is 1. The molecular formula is C14H22BrN3O. The molecule has 19 heavy (non-hydrogen) atoms. The molecule has 1 atom stereocenters. The van der Waals surface area contributed by atoms with Crippen LogP contribution < -0.4 is 11.1 Å². The highest BCUT2D eigenvalue weighted by Crippen LogP contribution is 2.40. The molecule has 1 aromatic rings. The molecule has 0 unspecified atom stereocenters. The first kappa shape index (κ1) is 14.6. The van der Waals surface area contributed by atoms with Gasteiger partial charge in [-0.25, -0.2) is 0 Å². The van der Waals surface area contributed by atoms with Crippen molar-refractivity contribution in [3.05, 3.63) is 22.2 Å². The first-order chi connectivity index (χ1) is 9.15. The average Bonchev–Trinajstić information content (AvgIpc) is 2.43. The van der Waals surface area contributed by atoms with Crippen LogP contribution in [0.3, 0.4) is 0 Å². The minimum absolute atomic E-state index is 0.227. The Bertz CT molecular complexity index is 433. The summed E-state index contributed by atoms with van der Waals surface area (Å²) in [6.07, 6.45) is 2.10. The van der Waals surface area contributed by atoms with Crippen LogP contribution >= 0.6 is 15.9 Å². The van der Waals surface area contributed by atoms with Gasteiger partial charge in [0.25, 0.3) is 0 Å². The lowest BCUT2D eigenvalue weighted by Crippen LogP contribution is -2.45. The zero-order valence-electron chi connectivity index (χ0n) is 11.3. The number of nitrogens with two attached hydrogens (primary N) is 1. The predicted octanol–water partition coefficient (Wildman–Crippen LogP) is 2.48. The number of aromatic hydroxyl groups is 1. The highest BCUT2D eigenvalue weighted by molar-refractivity contribution is 9.10. The molecule has 0 radical (unpaired) electrons. The molecule has 106 valence electrons. The summed E-state index contributed by atoms with van der Waals surface area (Å²) in [7, 11) is 0. The minimum Gasteiger partial charge on any atom is -0.505 e. The van der Waals surface area contributed by atoms with Crippen molar-refractivity contribution in [2.24, 2.45) is 0 Å². The molecule has 1 fully saturated rings. The number of halogens is 1. The molecule has 1 aliphatic rings. The predicted molar refractivity (Wildman–Crippen MR) is 82.3 cm³/mol. The lowest BCUT2D eigenvalue weighted by Gasteiger charge is -2.36. The molecular weight excluding hydrogens is 306 g/mol. The molecule has 0 saturated carbocycles. The van der Waals surface area contributed by atoms with Crippen molar-refractivity contribution in [2.45, 2.75) is 25.8 Å². The van der Waals surface area contributed by atoms with Gasteiger partial charge in [-0.2, -0.15) is 0 Å². The van der Waals surface area contributed by atoms with E-state index in [4.69, 9.17) is 5.73 Å². The first-order valence-electron chi connectivity index (χ1n) is 6.86. The van der Waals surface area contributed by atoms with Crippen molar-refractivity contribution < 1.29 is 5.11 Å². The van der Waals surface area contributed by atoms with E-state index in [-0.39, 0.29) is 11.8 Å². The Kier molecular flexibility index (Phi) is 5.07. The minimum atomic E-state index is 0.227. The van der Waals surface area contributed by atoms with Crippen LogP contribution in [0, 0.1) is 0 Å². The maximum atomic E-state index is 10.3. The van der Waals surface area contributed by atoms with Crippen molar-refractivity contribution in [3.8, 4) is 5.75 Å². The summed E-state index contributed by atoms with van der Waals surface area (Å²) in [5, 5.41) is 13.7. The number of hydrogen-bond donors (Lipinski definition) is 3. The molecule has 1 aromatic carbocycles. The van der Waals surface area contributed by atoms with Crippen LogP contribution in [0.25, 0.3) is 0 Å². The zero-order chi connectivity index (χ0) is 13.8. The highest BCUT2D eigenvalue weighted by Gasteiger charge is 2.26. The van der Waals surface area contributed by atoms with Crippen molar-refractivity contribution in [1.29, 1.82) is 0 Å². The summed E-state index contributed by atoms with van der Waals surface area (Å²) in [5.74, 6) is 0.228. The van der Waals surface area contributed by atoms with E-state index in [9.17, 15) is 5.11 Å². The van der Waals surface area contributed by atoms with E-state index in [0.717, 1.165) is 49.1 Å². The molecule has 1 heterocycles. The quantitative estimate of drug-likeness (QED) is 0.587. The van der Waals surface area contributed by atoms with Gasteiger partial charge in [-0.05, 0) is 18.6 Å². The number of anilines is 1. The van der Waals surface area contributed by atoms with Gasteiger partial charge < -0.3 is 16.2 Å². The third-order valence-electron chi connectivity index (χ3n) is 3.68. The van der Waals surface area contributed by atoms with Gasteiger partial charge >= 0.3 is 0 Å². The second-order valence-electron chi connectivity index (χ2n) is 4.99. The lowest BCUT2D eigenvalue weighted by atomic mass is 9.98. The number of piperazine rings is 1. The number of nitrogen functional groups attached to an aromatic ring is 1. The zero-order valence-corrected chi connectivity index (χ0v) is 12.9. The largest absolute Gasteiger partial charge is 0.505 e. The van der Waals surface area contributed by atoms with Gasteiger partial charge in [0.1, 0.15) is 5.75 Å². The van der Waals surface area contributed by atoms with E-state index < -0.39 is 0 Å². The fraction of sp³-hybridized carbons (Fsp3) is 0.571. The van der Waals surface area contributed by atoms with Crippen LogP contribution in [0.5, 0.6) is 5.75 Å². The first-order valence-corrected chi connectivity index (χ1v) is 7.66. The molecule has 0 bridgehead atoms. The summed E-state index contributed by atoms with van der Waals surface area (Å²) >= 11 is 3.56. The lowest BCUT2D eigenvalue weighted by molar-refractivity contribution is 0.161. The van der Waals surface area contributed by atoms with Gasteiger partial charge in [-0.1, -0.05) is 29.3 Å². The number of hydrogen-bond acceptors (Lipinski definition) is 4. The molecule has 1 aliphatic heterocycles. The molecule has 0 aromatic heterocycles. The molecule has 0 spiro atoms.